The lowest BCUT2D eigenvalue weighted by atomic mass is 9.75. The van der Waals surface area contributed by atoms with Crippen LogP contribution < -0.4 is 0 Å². The van der Waals surface area contributed by atoms with E-state index >= 15 is 0 Å². The summed E-state index contributed by atoms with van der Waals surface area (Å²) >= 11 is 0. The molecule has 0 spiro atoms. The van der Waals surface area contributed by atoms with Gasteiger partial charge in [-0.3, -0.25) is 4.90 Å². The molecule has 1 heterocycles. The molecular weight excluding hydrogens is 236 g/mol. The van der Waals surface area contributed by atoms with E-state index in [9.17, 15) is 0 Å². The summed E-state index contributed by atoms with van der Waals surface area (Å²) in [5.74, 6) is 2.85. The van der Waals surface area contributed by atoms with Gasteiger partial charge in [-0.15, -0.1) is 0 Å². The molecule has 3 nitrogen and oxygen atoms in total. The van der Waals surface area contributed by atoms with E-state index in [4.69, 9.17) is 5.11 Å². The van der Waals surface area contributed by atoms with Crippen LogP contribution in [0.3, 0.4) is 0 Å². The standard InChI is InChI=1S/C16H32N2O/c1-14-11-15(2)13-16(12-14)3-4-17-5-7-18(8-6-17)9-10-19/h14-16,19H,3-13H2,1-2H3. The molecule has 2 unspecified atom stereocenters. The predicted molar refractivity (Wildman–Crippen MR) is 80.3 cm³/mol. The summed E-state index contributed by atoms with van der Waals surface area (Å²) < 4.78 is 0. The van der Waals surface area contributed by atoms with Crippen LogP contribution in [0, 0.1) is 17.8 Å². The summed E-state index contributed by atoms with van der Waals surface area (Å²) in [6.07, 6.45) is 5.74. The third-order valence-electron chi connectivity index (χ3n) is 5.01. The van der Waals surface area contributed by atoms with Crippen molar-refractivity contribution >= 4 is 0 Å². The van der Waals surface area contributed by atoms with E-state index in [1.807, 2.05) is 0 Å². The SMILES string of the molecule is CC1CC(C)CC(CCN2CCN(CCO)CC2)C1. The Balaban J connectivity index is 1.63. The van der Waals surface area contributed by atoms with Crippen LogP contribution in [0.4, 0.5) is 0 Å². The zero-order valence-electron chi connectivity index (χ0n) is 12.9. The molecule has 1 aliphatic carbocycles. The number of β-amino-alcohol motifs (C(OH)–C–C–N with tert-alkyl or cyclic N) is 1. The third-order valence-corrected chi connectivity index (χ3v) is 5.01. The van der Waals surface area contributed by atoms with Gasteiger partial charge in [-0.05, 0) is 50.0 Å². The lowest BCUT2D eigenvalue weighted by Gasteiger charge is -2.36. The molecule has 0 bridgehead atoms. The van der Waals surface area contributed by atoms with E-state index in [1.165, 1.54) is 45.3 Å². The van der Waals surface area contributed by atoms with Gasteiger partial charge >= 0.3 is 0 Å². The Kier molecular flexibility index (Phi) is 6.11. The maximum absolute atomic E-state index is 8.95. The van der Waals surface area contributed by atoms with Crippen molar-refractivity contribution < 1.29 is 5.11 Å². The minimum Gasteiger partial charge on any atom is -0.395 e. The Labute approximate surface area is 119 Å². The summed E-state index contributed by atoms with van der Waals surface area (Å²) in [5, 5.41) is 8.95. The number of nitrogens with zero attached hydrogens (tertiary/aromatic N) is 2. The summed E-state index contributed by atoms with van der Waals surface area (Å²) in [5.41, 5.74) is 0. The monoisotopic (exact) mass is 268 g/mol. The number of aliphatic hydroxyl groups is 1. The second-order valence-corrected chi connectivity index (χ2v) is 6.98. The van der Waals surface area contributed by atoms with Gasteiger partial charge in [0.2, 0.25) is 0 Å². The van der Waals surface area contributed by atoms with Gasteiger partial charge in [0.15, 0.2) is 0 Å². The van der Waals surface area contributed by atoms with E-state index in [0.717, 1.165) is 37.4 Å². The molecule has 1 saturated heterocycles. The van der Waals surface area contributed by atoms with E-state index in [-0.39, 0.29) is 0 Å². The first kappa shape index (κ1) is 15.3. The first-order valence-electron chi connectivity index (χ1n) is 8.23. The highest BCUT2D eigenvalue weighted by Gasteiger charge is 2.24. The predicted octanol–water partition coefficient (Wildman–Crippen LogP) is 2.06. The molecule has 0 aromatic rings. The Morgan fingerprint density at radius 3 is 1.89 bits per heavy atom. The quantitative estimate of drug-likeness (QED) is 0.827. The minimum atomic E-state index is 0.303. The fourth-order valence-corrected chi connectivity index (χ4v) is 4.09. The topological polar surface area (TPSA) is 26.7 Å². The Hall–Kier alpha value is -0.120. The van der Waals surface area contributed by atoms with Crippen LogP contribution in [0.2, 0.25) is 0 Å². The molecule has 1 N–H and O–H groups in total. The molecule has 2 aliphatic rings. The second-order valence-electron chi connectivity index (χ2n) is 6.98. The zero-order valence-corrected chi connectivity index (χ0v) is 12.9. The highest BCUT2D eigenvalue weighted by Crippen LogP contribution is 2.34. The van der Waals surface area contributed by atoms with E-state index in [0.29, 0.717) is 6.61 Å². The number of rotatable bonds is 5. The van der Waals surface area contributed by atoms with E-state index < -0.39 is 0 Å². The van der Waals surface area contributed by atoms with Gasteiger partial charge in [0, 0.05) is 32.7 Å². The number of hydrogen-bond donors (Lipinski definition) is 1. The molecule has 3 heteroatoms. The molecule has 2 fully saturated rings. The highest BCUT2D eigenvalue weighted by molar-refractivity contribution is 4.77. The number of hydrogen-bond acceptors (Lipinski definition) is 3. The second kappa shape index (κ2) is 7.61. The van der Waals surface area contributed by atoms with Crippen LogP contribution in [-0.2, 0) is 0 Å². The zero-order chi connectivity index (χ0) is 13.7. The van der Waals surface area contributed by atoms with Crippen LogP contribution in [0.1, 0.15) is 39.5 Å². The molecule has 0 aromatic carbocycles. The van der Waals surface area contributed by atoms with Crippen LogP contribution in [0.25, 0.3) is 0 Å². The first-order valence-corrected chi connectivity index (χ1v) is 8.23. The first-order chi connectivity index (χ1) is 9.17. The molecule has 0 amide bonds. The average molecular weight is 268 g/mol. The lowest BCUT2D eigenvalue weighted by Crippen LogP contribution is -2.47. The van der Waals surface area contributed by atoms with Crippen molar-refractivity contribution in [3.8, 4) is 0 Å². The number of aliphatic hydroxyl groups excluding tert-OH is 1. The largest absolute Gasteiger partial charge is 0.395 e. The Morgan fingerprint density at radius 2 is 1.37 bits per heavy atom. The third kappa shape index (κ3) is 5.05. The fraction of sp³-hybridized carbons (Fsp3) is 1.00. The van der Waals surface area contributed by atoms with Gasteiger partial charge in [0.05, 0.1) is 6.61 Å². The van der Waals surface area contributed by atoms with Crippen molar-refractivity contribution in [3.05, 3.63) is 0 Å². The fourth-order valence-electron chi connectivity index (χ4n) is 4.09. The van der Waals surface area contributed by atoms with Crippen LogP contribution in [0.5, 0.6) is 0 Å². The summed E-state index contributed by atoms with van der Waals surface area (Å²) in [4.78, 5) is 5.00. The summed E-state index contributed by atoms with van der Waals surface area (Å²) in [6, 6.07) is 0. The van der Waals surface area contributed by atoms with E-state index in [1.54, 1.807) is 0 Å². The molecule has 112 valence electrons. The Bertz CT molecular complexity index is 241. The molecule has 19 heavy (non-hydrogen) atoms. The van der Waals surface area contributed by atoms with E-state index in [2.05, 4.69) is 23.6 Å². The van der Waals surface area contributed by atoms with Crippen molar-refractivity contribution in [1.29, 1.82) is 0 Å². The van der Waals surface area contributed by atoms with Gasteiger partial charge in [0.1, 0.15) is 0 Å². The molecular formula is C16H32N2O. The van der Waals surface area contributed by atoms with Gasteiger partial charge in [-0.2, -0.15) is 0 Å². The van der Waals surface area contributed by atoms with Gasteiger partial charge in [0.25, 0.3) is 0 Å². The molecule has 1 saturated carbocycles. The van der Waals surface area contributed by atoms with Crippen LogP contribution >= 0.6 is 0 Å². The maximum Gasteiger partial charge on any atom is 0.0558 e. The lowest BCUT2D eigenvalue weighted by molar-refractivity contribution is 0.102. The van der Waals surface area contributed by atoms with Crippen molar-refractivity contribution in [1.82, 2.24) is 9.80 Å². The molecule has 2 atom stereocenters. The summed E-state index contributed by atoms with van der Waals surface area (Å²) in [6.45, 7) is 12.0. The van der Waals surface area contributed by atoms with Crippen molar-refractivity contribution in [2.45, 2.75) is 39.5 Å². The molecule has 1 aliphatic heterocycles. The average Bonchev–Trinajstić information content (AvgIpc) is 2.37. The minimum absolute atomic E-state index is 0.303. The normalized spacial score (nSPS) is 34.6. The van der Waals surface area contributed by atoms with Gasteiger partial charge in [-0.25, -0.2) is 0 Å². The van der Waals surface area contributed by atoms with Crippen molar-refractivity contribution in [3.63, 3.8) is 0 Å². The van der Waals surface area contributed by atoms with Gasteiger partial charge in [-0.1, -0.05) is 13.8 Å². The summed E-state index contributed by atoms with van der Waals surface area (Å²) in [7, 11) is 0. The van der Waals surface area contributed by atoms with Crippen molar-refractivity contribution in [2.75, 3.05) is 45.9 Å². The number of piperazine rings is 1. The highest BCUT2D eigenvalue weighted by atomic mass is 16.3. The smallest absolute Gasteiger partial charge is 0.0558 e. The Morgan fingerprint density at radius 1 is 0.842 bits per heavy atom. The van der Waals surface area contributed by atoms with Crippen LogP contribution in [0.15, 0.2) is 0 Å². The van der Waals surface area contributed by atoms with Crippen LogP contribution in [-0.4, -0.2) is 60.8 Å². The molecule has 0 radical (unpaired) electrons. The maximum atomic E-state index is 8.95. The molecule has 2 rings (SSSR count). The molecule has 0 aromatic heterocycles. The van der Waals surface area contributed by atoms with Crippen molar-refractivity contribution in [2.24, 2.45) is 17.8 Å². The van der Waals surface area contributed by atoms with Gasteiger partial charge < -0.3 is 10.0 Å².